The lowest BCUT2D eigenvalue weighted by molar-refractivity contribution is 0.0423. The van der Waals surface area contributed by atoms with E-state index in [-0.39, 0.29) is 17.8 Å². The largest absolute Gasteiger partial charge is 0.381 e. The van der Waals surface area contributed by atoms with Crippen molar-refractivity contribution in [1.82, 2.24) is 25.2 Å². The SMILES string of the molecule is N#Cc1ncc(Br)c(N(NC(=O)c2ccc(CN3CC(N4CCCC4)C3)cc2)C2CCOCC2)n1. The van der Waals surface area contributed by atoms with Crippen LogP contribution in [0.25, 0.3) is 0 Å². The number of nitriles is 1. The van der Waals surface area contributed by atoms with Crippen molar-refractivity contribution in [1.29, 1.82) is 5.26 Å². The van der Waals surface area contributed by atoms with Crippen molar-refractivity contribution in [2.75, 3.05) is 44.4 Å². The summed E-state index contributed by atoms with van der Waals surface area (Å²) in [6, 6.07) is 10.5. The third-order valence-corrected chi connectivity index (χ3v) is 7.61. The quantitative estimate of drug-likeness (QED) is 0.536. The zero-order valence-electron chi connectivity index (χ0n) is 19.7. The maximum absolute atomic E-state index is 13.2. The Morgan fingerprint density at radius 2 is 1.91 bits per heavy atom. The minimum Gasteiger partial charge on any atom is -0.381 e. The molecule has 0 unspecified atom stereocenters. The Balaban J connectivity index is 1.24. The summed E-state index contributed by atoms with van der Waals surface area (Å²) in [7, 11) is 0. The molecule has 0 spiro atoms. The van der Waals surface area contributed by atoms with Crippen LogP contribution >= 0.6 is 15.9 Å². The van der Waals surface area contributed by atoms with E-state index in [4.69, 9.17) is 4.74 Å². The fourth-order valence-electron chi connectivity index (χ4n) is 5.04. The Morgan fingerprint density at radius 3 is 2.60 bits per heavy atom. The van der Waals surface area contributed by atoms with E-state index in [2.05, 4.69) is 41.1 Å². The van der Waals surface area contributed by atoms with E-state index in [1.807, 2.05) is 30.3 Å². The van der Waals surface area contributed by atoms with Crippen molar-refractivity contribution in [3.8, 4) is 6.07 Å². The van der Waals surface area contributed by atoms with Crippen LogP contribution in [0, 0.1) is 11.3 Å². The van der Waals surface area contributed by atoms with Crippen molar-refractivity contribution in [2.24, 2.45) is 0 Å². The molecule has 1 amide bonds. The van der Waals surface area contributed by atoms with Crippen LogP contribution in [0.4, 0.5) is 5.82 Å². The van der Waals surface area contributed by atoms with E-state index in [1.54, 1.807) is 5.01 Å². The third-order valence-electron chi connectivity index (χ3n) is 7.05. The number of nitrogens with one attached hydrogen (secondary N) is 1. The Morgan fingerprint density at radius 1 is 1.20 bits per heavy atom. The van der Waals surface area contributed by atoms with E-state index in [1.165, 1.54) is 37.7 Å². The van der Waals surface area contributed by atoms with Gasteiger partial charge in [0.05, 0.1) is 10.5 Å². The van der Waals surface area contributed by atoms with E-state index < -0.39 is 0 Å². The number of likely N-dealkylation sites (tertiary alicyclic amines) is 2. The van der Waals surface area contributed by atoms with Crippen LogP contribution in [0.3, 0.4) is 0 Å². The molecule has 1 N–H and O–H groups in total. The average molecular weight is 540 g/mol. The summed E-state index contributed by atoms with van der Waals surface area (Å²) in [6.07, 6.45) is 5.69. The second-order valence-corrected chi connectivity index (χ2v) is 10.3. The minimum absolute atomic E-state index is 0.000291. The number of anilines is 1. The van der Waals surface area contributed by atoms with Crippen LogP contribution in [-0.2, 0) is 11.3 Å². The number of ether oxygens (including phenoxy) is 1. The van der Waals surface area contributed by atoms with Gasteiger partial charge in [0.1, 0.15) is 6.07 Å². The summed E-state index contributed by atoms with van der Waals surface area (Å²) >= 11 is 3.48. The van der Waals surface area contributed by atoms with Crippen molar-refractivity contribution in [3.05, 3.63) is 51.9 Å². The zero-order chi connectivity index (χ0) is 24.2. The summed E-state index contributed by atoms with van der Waals surface area (Å²) in [5.41, 5.74) is 4.81. The van der Waals surface area contributed by atoms with Gasteiger partial charge in [-0.3, -0.25) is 25.0 Å². The molecule has 10 heteroatoms. The molecule has 3 aliphatic heterocycles. The van der Waals surface area contributed by atoms with Gasteiger partial charge in [-0.05, 0) is 72.4 Å². The Bertz CT molecular complexity index is 1070. The number of rotatable bonds is 7. The first-order chi connectivity index (χ1) is 17.1. The average Bonchev–Trinajstić information content (AvgIpc) is 3.40. The van der Waals surface area contributed by atoms with Crippen LogP contribution < -0.4 is 10.4 Å². The van der Waals surface area contributed by atoms with Gasteiger partial charge in [-0.2, -0.15) is 10.2 Å². The van der Waals surface area contributed by atoms with E-state index >= 15 is 0 Å². The predicted molar refractivity (Wildman–Crippen MR) is 135 cm³/mol. The van der Waals surface area contributed by atoms with Gasteiger partial charge in [-0.25, -0.2) is 4.98 Å². The molecule has 3 fully saturated rings. The Labute approximate surface area is 214 Å². The van der Waals surface area contributed by atoms with Gasteiger partial charge in [-0.15, -0.1) is 0 Å². The lowest BCUT2D eigenvalue weighted by atomic mass is 10.0. The smallest absolute Gasteiger partial charge is 0.269 e. The summed E-state index contributed by atoms with van der Waals surface area (Å²) in [5, 5.41) is 11.0. The Hall–Kier alpha value is -2.58. The second-order valence-electron chi connectivity index (χ2n) is 9.42. The third kappa shape index (κ3) is 5.64. The monoisotopic (exact) mass is 539 g/mol. The number of hydrogen-bond acceptors (Lipinski definition) is 8. The normalized spacial score (nSPS) is 19.8. The van der Waals surface area contributed by atoms with Gasteiger partial charge >= 0.3 is 0 Å². The first-order valence-electron chi connectivity index (χ1n) is 12.3. The van der Waals surface area contributed by atoms with Crippen LogP contribution in [0.1, 0.15) is 47.4 Å². The molecule has 0 bridgehead atoms. The van der Waals surface area contributed by atoms with Gasteiger partial charge < -0.3 is 4.74 Å². The molecule has 2 aromatic rings. The van der Waals surface area contributed by atoms with Crippen molar-refractivity contribution < 1.29 is 9.53 Å². The number of carbonyl (C=O) groups excluding carboxylic acids is 1. The van der Waals surface area contributed by atoms with Gasteiger partial charge in [0.15, 0.2) is 5.82 Å². The van der Waals surface area contributed by atoms with Gasteiger partial charge in [-0.1, -0.05) is 12.1 Å². The highest BCUT2D eigenvalue weighted by Crippen LogP contribution is 2.27. The second kappa shape index (κ2) is 11.0. The predicted octanol–water partition coefficient (Wildman–Crippen LogP) is 2.72. The van der Waals surface area contributed by atoms with Crippen LogP contribution in [0.15, 0.2) is 34.9 Å². The summed E-state index contributed by atoms with van der Waals surface area (Å²) in [5.74, 6) is 0.306. The number of benzene rings is 1. The zero-order valence-corrected chi connectivity index (χ0v) is 21.3. The number of aromatic nitrogens is 2. The number of halogens is 1. The number of hydrazine groups is 1. The minimum atomic E-state index is -0.217. The molecule has 184 valence electrons. The number of carbonyl (C=O) groups is 1. The maximum Gasteiger partial charge on any atom is 0.269 e. The maximum atomic E-state index is 13.2. The molecule has 3 saturated heterocycles. The van der Waals surface area contributed by atoms with Crippen LogP contribution in [0.2, 0.25) is 0 Å². The number of nitrogens with zero attached hydrogens (tertiary/aromatic N) is 6. The molecule has 0 saturated carbocycles. The molecule has 1 aromatic carbocycles. The van der Waals surface area contributed by atoms with Gasteiger partial charge in [0, 0.05) is 50.7 Å². The molecule has 0 aliphatic carbocycles. The highest BCUT2D eigenvalue weighted by Gasteiger charge is 2.33. The molecular weight excluding hydrogens is 510 g/mol. The van der Waals surface area contributed by atoms with Crippen molar-refractivity contribution >= 4 is 27.7 Å². The van der Waals surface area contributed by atoms with Gasteiger partial charge in [0.2, 0.25) is 5.82 Å². The van der Waals surface area contributed by atoms with Crippen molar-refractivity contribution in [2.45, 2.75) is 44.3 Å². The fraction of sp³-hybridized carbons (Fsp3) is 0.520. The van der Waals surface area contributed by atoms with Crippen molar-refractivity contribution in [3.63, 3.8) is 0 Å². The molecule has 4 heterocycles. The fourth-order valence-corrected chi connectivity index (χ4v) is 5.43. The highest BCUT2D eigenvalue weighted by atomic mass is 79.9. The number of hydrogen-bond donors (Lipinski definition) is 1. The lowest BCUT2D eigenvalue weighted by Gasteiger charge is -2.44. The topological polar surface area (TPSA) is 97.6 Å². The lowest BCUT2D eigenvalue weighted by Crippen LogP contribution is -2.58. The van der Waals surface area contributed by atoms with E-state index in [0.29, 0.717) is 35.1 Å². The highest BCUT2D eigenvalue weighted by molar-refractivity contribution is 9.10. The molecule has 3 aliphatic rings. The van der Waals surface area contributed by atoms with E-state index in [0.717, 1.165) is 32.5 Å². The van der Waals surface area contributed by atoms with E-state index in [9.17, 15) is 10.1 Å². The molecule has 1 aromatic heterocycles. The first-order valence-corrected chi connectivity index (χ1v) is 13.1. The first kappa shape index (κ1) is 24.1. The molecule has 0 atom stereocenters. The molecule has 5 rings (SSSR count). The summed E-state index contributed by atoms with van der Waals surface area (Å²) in [4.78, 5) is 26.6. The molecule has 0 radical (unpaired) electrons. The molecule has 35 heavy (non-hydrogen) atoms. The van der Waals surface area contributed by atoms with Gasteiger partial charge in [0.25, 0.3) is 5.91 Å². The van der Waals surface area contributed by atoms with Crippen LogP contribution in [-0.4, -0.2) is 77.2 Å². The molecular formula is C25H30BrN7O2. The number of amides is 1. The summed E-state index contributed by atoms with van der Waals surface area (Å²) < 4.78 is 6.11. The summed E-state index contributed by atoms with van der Waals surface area (Å²) in [6.45, 7) is 6.86. The standard InChI is InChI=1S/C25H30BrN7O2/c26-22-14-28-23(13-27)29-24(22)33(20-7-11-35-12-8-20)30-25(34)19-5-3-18(4-6-19)15-31-16-21(17-31)32-9-1-2-10-32/h3-6,14,20-21H,1-2,7-12,15-17H2,(H,30,34). The Kier molecular flexibility index (Phi) is 7.58. The molecule has 9 nitrogen and oxygen atoms in total. The van der Waals surface area contributed by atoms with Crippen LogP contribution in [0.5, 0.6) is 0 Å².